The first-order valence-corrected chi connectivity index (χ1v) is 16.4. The number of carboxylic acid groups (broad SMARTS) is 4. The van der Waals surface area contributed by atoms with E-state index in [1.165, 1.54) is 67.6 Å². The van der Waals surface area contributed by atoms with Crippen LogP contribution in [0.25, 0.3) is 0 Å². The van der Waals surface area contributed by atoms with Gasteiger partial charge in [0.2, 0.25) is 0 Å². The minimum absolute atomic E-state index is 0.0246. The van der Waals surface area contributed by atoms with Crippen molar-refractivity contribution < 1.29 is 49.1 Å². The Bertz CT molecular complexity index is 852. The summed E-state index contributed by atoms with van der Waals surface area (Å²) in [7, 11) is 0. The van der Waals surface area contributed by atoms with Crippen molar-refractivity contribution in [1.29, 1.82) is 0 Å². The zero-order valence-electron chi connectivity index (χ0n) is 27.2. The molecule has 260 valence electrons. The number of unbranched alkanes of at least 4 members (excludes halogenated alkanes) is 12. The van der Waals surface area contributed by atoms with Crippen LogP contribution in [0.2, 0.25) is 0 Å². The lowest BCUT2D eigenvalue weighted by Crippen LogP contribution is -2.45. The molecular weight excluding hydrogens is 586 g/mol. The van der Waals surface area contributed by atoms with Crippen LogP contribution in [0.1, 0.15) is 96.8 Å². The van der Waals surface area contributed by atoms with Crippen molar-refractivity contribution >= 4 is 29.8 Å². The number of carboxylic acids is 4. The van der Waals surface area contributed by atoms with Gasteiger partial charge in [-0.1, -0.05) is 76.9 Å². The summed E-state index contributed by atoms with van der Waals surface area (Å²) in [5, 5.41) is 36.5. The quantitative estimate of drug-likeness (QED) is 0.0472. The van der Waals surface area contributed by atoms with Crippen molar-refractivity contribution in [3.63, 3.8) is 0 Å². The molecular formula is C32H57N3O10. The predicted octanol–water partition coefficient (Wildman–Crippen LogP) is 3.81. The molecule has 45 heavy (non-hydrogen) atoms. The van der Waals surface area contributed by atoms with Crippen LogP contribution in [0.3, 0.4) is 0 Å². The molecule has 0 rings (SSSR count). The Hall–Kier alpha value is -3.03. The molecule has 0 heterocycles. The molecule has 0 unspecified atom stereocenters. The number of carbonyl (C=O) groups is 5. The average molecular weight is 644 g/mol. The van der Waals surface area contributed by atoms with Crippen LogP contribution in [0.15, 0.2) is 12.2 Å². The molecule has 0 aliphatic carbocycles. The highest BCUT2D eigenvalue weighted by molar-refractivity contribution is 5.74. The average Bonchev–Trinajstić information content (AvgIpc) is 2.94. The SMILES string of the molecule is CCCCCCCCC=CCCCCCCCCOC(=O)CN(CCN(CCN(CC(=O)O)CC(=O)O)CC(=O)O)CC(=O)O. The van der Waals surface area contributed by atoms with Crippen LogP contribution < -0.4 is 0 Å². The molecule has 0 aromatic heterocycles. The van der Waals surface area contributed by atoms with E-state index in [0.717, 1.165) is 37.0 Å². The Labute approximate surface area is 268 Å². The monoisotopic (exact) mass is 643 g/mol. The van der Waals surface area contributed by atoms with Gasteiger partial charge in [0, 0.05) is 26.2 Å². The van der Waals surface area contributed by atoms with Gasteiger partial charge in [0.25, 0.3) is 0 Å². The third kappa shape index (κ3) is 29.4. The number of carbonyl (C=O) groups excluding carboxylic acids is 1. The molecule has 13 nitrogen and oxygen atoms in total. The summed E-state index contributed by atoms with van der Waals surface area (Å²) in [6, 6.07) is 0. The maximum atomic E-state index is 12.3. The zero-order valence-corrected chi connectivity index (χ0v) is 27.2. The molecule has 0 aromatic rings. The van der Waals surface area contributed by atoms with Crippen LogP contribution in [-0.2, 0) is 28.7 Å². The Kier molecular flexibility index (Phi) is 26.5. The van der Waals surface area contributed by atoms with Crippen LogP contribution in [0.5, 0.6) is 0 Å². The van der Waals surface area contributed by atoms with E-state index in [1.54, 1.807) is 0 Å². The smallest absolute Gasteiger partial charge is 0.320 e. The zero-order chi connectivity index (χ0) is 33.7. The Morgan fingerprint density at radius 2 is 0.844 bits per heavy atom. The van der Waals surface area contributed by atoms with E-state index in [9.17, 15) is 34.2 Å². The van der Waals surface area contributed by atoms with E-state index in [0.29, 0.717) is 0 Å². The molecule has 0 atom stereocenters. The van der Waals surface area contributed by atoms with E-state index in [-0.39, 0.29) is 39.3 Å². The molecule has 0 bridgehead atoms. The van der Waals surface area contributed by atoms with Crippen molar-refractivity contribution in [2.24, 2.45) is 0 Å². The Balaban J connectivity index is 4.30. The van der Waals surface area contributed by atoms with Crippen LogP contribution in [-0.4, -0.2) is 130 Å². The third-order valence-electron chi connectivity index (χ3n) is 7.17. The van der Waals surface area contributed by atoms with Gasteiger partial charge in [-0.05, 0) is 32.1 Å². The van der Waals surface area contributed by atoms with Gasteiger partial charge in [-0.25, -0.2) is 0 Å². The van der Waals surface area contributed by atoms with Crippen molar-refractivity contribution in [2.45, 2.75) is 96.8 Å². The molecule has 0 aliphatic rings. The fourth-order valence-corrected chi connectivity index (χ4v) is 4.79. The largest absolute Gasteiger partial charge is 0.480 e. The molecule has 0 saturated carbocycles. The normalized spacial score (nSPS) is 11.6. The summed E-state index contributed by atoms with van der Waals surface area (Å²) >= 11 is 0. The minimum Gasteiger partial charge on any atom is -0.480 e. The summed E-state index contributed by atoms with van der Waals surface area (Å²) in [6.45, 7) is 0.399. The second-order valence-corrected chi connectivity index (χ2v) is 11.4. The second kappa shape index (κ2) is 28.4. The minimum atomic E-state index is -1.22. The second-order valence-electron chi connectivity index (χ2n) is 11.4. The van der Waals surface area contributed by atoms with E-state index in [1.807, 2.05) is 0 Å². The molecule has 0 aliphatic heterocycles. The molecule has 0 fully saturated rings. The van der Waals surface area contributed by atoms with Gasteiger partial charge in [-0.15, -0.1) is 0 Å². The van der Waals surface area contributed by atoms with Crippen molar-refractivity contribution in [2.75, 3.05) is 65.5 Å². The number of esters is 1. The molecule has 13 heteroatoms. The Morgan fingerprint density at radius 3 is 1.29 bits per heavy atom. The maximum Gasteiger partial charge on any atom is 0.320 e. The molecule has 4 N–H and O–H groups in total. The van der Waals surface area contributed by atoms with E-state index < -0.39 is 56.0 Å². The number of aliphatic carboxylic acids is 4. The van der Waals surface area contributed by atoms with Gasteiger partial charge in [-0.2, -0.15) is 0 Å². The first-order valence-electron chi connectivity index (χ1n) is 16.4. The number of allylic oxidation sites excluding steroid dienone is 2. The highest BCUT2D eigenvalue weighted by Crippen LogP contribution is 2.10. The lowest BCUT2D eigenvalue weighted by Gasteiger charge is -2.27. The predicted molar refractivity (Wildman–Crippen MR) is 170 cm³/mol. The molecule has 0 aromatic carbocycles. The third-order valence-corrected chi connectivity index (χ3v) is 7.17. The number of ether oxygens (including phenoxy) is 1. The van der Waals surface area contributed by atoms with Crippen LogP contribution in [0, 0.1) is 0 Å². The van der Waals surface area contributed by atoms with Gasteiger partial charge in [0.1, 0.15) is 0 Å². The fraction of sp³-hybridized carbons (Fsp3) is 0.781. The van der Waals surface area contributed by atoms with E-state index in [2.05, 4.69) is 19.1 Å². The lowest BCUT2D eigenvalue weighted by molar-refractivity contribution is -0.147. The number of hydrogen-bond acceptors (Lipinski definition) is 9. The lowest BCUT2D eigenvalue weighted by atomic mass is 10.1. The molecule has 0 spiro atoms. The van der Waals surface area contributed by atoms with Gasteiger partial charge >= 0.3 is 29.8 Å². The van der Waals surface area contributed by atoms with E-state index in [4.69, 9.17) is 14.9 Å². The summed E-state index contributed by atoms with van der Waals surface area (Å²) in [5.41, 5.74) is 0. The van der Waals surface area contributed by atoms with E-state index >= 15 is 0 Å². The first-order chi connectivity index (χ1) is 21.5. The van der Waals surface area contributed by atoms with Crippen molar-refractivity contribution in [3.8, 4) is 0 Å². The number of hydrogen-bond donors (Lipinski definition) is 4. The van der Waals surface area contributed by atoms with Gasteiger partial charge in [-0.3, -0.25) is 38.7 Å². The van der Waals surface area contributed by atoms with Crippen LogP contribution >= 0.6 is 0 Å². The highest BCUT2D eigenvalue weighted by atomic mass is 16.5. The summed E-state index contributed by atoms with van der Waals surface area (Å²) < 4.78 is 5.29. The highest BCUT2D eigenvalue weighted by Gasteiger charge is 2.20. The summed E-state index contributed by atoms with van der Waals surface area (Å²) in [5.74, 6) is -5.32. The fourth-order valence-electron chi connectivity index (χ4n) is 4.79. The maximum absolute atomic E-state index is 12.3. The standard InChI is InChI=1S/C32H57N3O10/c1-2-3-4-5-6-7-8-9-10-11-12-13-14-15-16-17-22-45-32(44)27-35(26-31(42)43)21-19-33(23-28(36)37)18-20-34(24-29(38)39)25-30(40)41/h9-10H,2-8,11-27H2,1H3,(H,36,37)(H,38,39)(H,40,41)(H,42,43). The Morgan fingerprint density at radius 1 is 0.489 bits per heavy atom. The van der Waals surface area contributed by atoms with Gasteiger partial charge in [0.05, 0.1) is 39.3 Å². The number of rotatable bonds is 32. The van der Waals surface area contributed by atoms with Gasteiger partial charge < -0.3 is 25.2 Å². The van der Waals surface area contributed by atoms with Crippen molar-refractivity contribution in [1.82, 2.24) is 14.7 Å². The van der Waals surface area contributed by atoms with Gasteiger partial charge in [0.15, 0.2) is 0 Å². The van der Waals surface area contributed by atoms with Crippen LogP contribution in [0.4, 0.5) is 0 Å². The molecule has 0 saturated heterocycles. The molecule has 0 amide bonds. The molecule has 0 radical (unpaired) electrons. The van der Waals surface area contributed by atoms with Crippen molar-refractivity contribution in [3.05, 3.63) is 12.2 Å². The number of nitrogens with zero attached hydrogens (tertiary/aromatic N) is 3. The summed E-state index contributed by atoms with van der Waals surface area (Å²) in [4.78, 5) is 61.0. The topological polar surface area (TPSA) is 185 Å². The first kappa shape index (κ1) is 42.0. The summed E-state index contributed by atoms with van der Waals surface area (Å²) in [6.07, 6.45) is 21.0.